The number of H-pyrrole nitrogens is 2. The molecule has 25 heavy (non-hydrogen) atoms. The Kier molecular flexibility index (Phi) is 2.91. The van der Waals surface area contributed by atoms with Gasteiger partial charge >= 0.3 is 0 Å². The van der Waals surface area contributed by atoms with E-state index in [0.717, 1.165) is 15.5 Å². The molecule has 3 aromatic carbocycles. The second-order valence-electron chi connectivity index (χ2n) is 6.06. The zero-order chi connectivity index (χ0) is 17.1. The molecule has 0 unspecified atom stereocenters. The normalized spacial score (nSPS) is 11.7. The fourth-order valence-corrected chi connectivity index (χ4v) is 3.95. The van der Waals surface area contributed by atoms with Gasteiger partial charge in [-0.1, -0.05) is 18.2 Å². The van der Waals surface area contributed by atoms with Crippen molar-refractivity contribution >= 4 is 59.5 Å². The van der Waals surface area contributed by atoms with Crippen LogP contribution in [-0.4, -0.2) is 9.97 Å². The van der Waals surface area contributed by atoms with Crippen LogP contribution >= 0.6 is 15.9 Å². The summed E-state index contributed by atoms with van der Waals surface area (Å²) in [5, 5.41) is 2.37. The lowest BCUT2D eigenvalue weighted by Crippen LogP contribution is -2.08. The van der Waals surface area contributed by atoms with Gasteiger partial charge in [0.2, 0.25) is 0 Å². The summed E-state index contributed by atoms with van der Waals surface area (Å²) < 4.78 is 0.750. The fraction of sp³-hybridized carbons (Fsp3) is 0. The molecule has 5 aromatic rings. The minimum Gasteiger partial charge on any atom is -0.354 e. The number of rotatable bonds is 0. The average molecular weight is 391 g/mol. The third-order valence-corrected chi connectivity index (χ3v) is 5.26. The summed E-state index contributed by atoms with van der Waals surface area (Å²) >= 11 is 3.45. The Morgan fingerprint density at radius 2 is 1.28 bits per heavy atom. The van der Waals surface area contributed by atoms with Crippen molar-refractivity contribution in [2.24, 2.45) is 0 Å². The van der Waals surface area contributed by atoms with E-state index >= 15 is 0 Å². The molecule has 0 amide bonds. The van der Waals surface area contributed by atoms with Crippen molar-refractivity contribution in [2.75, 3.05) is 0 Å². The number of halogens is 1. The molecule has 4 nitrogen and oxygen atoms in total. The molecule has 120 valence electrons. The monoisotopic (exact) mass is 390 g/mol. The van der Waals surface area contributed by atoms with E-state index in [1.165, 1.54) is 0 Å². The maximum absolute atomic E-state index is 13.0. The molecule has 5 heteroatoms. The van der Waals surface area contributed by atoms with Gasteiger partial charge in [0.1, 0.15) is 0 Å². The van der Waals surface area contributed by atoms with Gasteiger partial charge in [0.05, 0.1) is 21.9 Å². The molecule has 0 spiro atoms. The first kappa shape index (κ1) is 14.4. The van der Waals surface area contributed by atoms with E-state index in [2.05, 4.69) is 25.9 Å². The van der Waals surface area contributed by atoms with E-state index in [9.17, 15) is 9.59 Å². The van der Waals surface area contributed by atoms with Crippen LogP contribution in [0.1, 0.15) is 0 Å². The first-order valence-corrected chi connectivity index (χ1v) is 8.62. The number of benzene rings is 3. The van der Waals surface area contributed by atoms with Crippen molar-refractivity contribution in [3.63, 3.8) is 0 Å². The molecule has 0 aliphatic heterocycles. The molecule has 2 aromatic heterocycles. The fourth-order valence-electron chi connectivity index (χ4n) is 3.40. The SMILES string of the molecule is O=c1c2ccccc2[nH]c2cc3c(=O)c4c(Br)cccc4[nH]c3cc12. The summed E-state index contributed by atoms with van der Waals surface area (Å²) in [6.45, 7) is 0. The van der Waals surface area contributed by atoms with Gasteiger partial charge in [-0.3, -0.25) is 9.59 Å². The number of aromatic amines is 2. The van der Waals surface area contributed by atoms with E-state index in [4.69, 9.17) is 0 Å². The topological polar surface area (TPSA) is 65.7 Å². The van der Waals surface area contributed by atoms with Crippen LogP contribution in [0.5, 0.6) is 0 Å². The van der Waals surface area contributed by atoms with Crippen LogP contribution in [0.2, 0.25) is 0 Å². The Bertz CT molecular complexity index is 1450. The molecule has 5 rings (SSSR count). The smallest absolute Gasteiger partial charge is 0.198 e. The maximum Gasteiger partial charge on any atom is 0.198 e. The minimum atomic E-state index is -0.0628. The largest absolute Gasteiger partial charge is 0.354 e. The molecular weight excluding hydrogens is 380 g/mol. The number of nitrogens with one attached hydrogen (secondary N) is 2. The highest BCUT2D eigenvalue weighted by atomic mass is 79.9. The van der Waals surface area contributed by atoms with Crippen LogP contribution in [0, 0.1) is 0 Å². The standard InChI is InChI=1S/C20H11BrN2O2/c21-13-5-3-7-15-18(13)20(25)12-9-16-11(8-17(12)23-15)19(24)10-4-1-2-6-14(10)22-16/h1-9H,(H,22,24)(H,23,25). The lowest BCUT2D eigenvalue weighted by atomic mass is 10.1. The van der Waals surface area contributed by atoms with Crippen molar-refractivity contribution in [1.82, 2.24) is 9.97 Å². The zero-order valence-electron chi connectivity index (χ0n) is 12.9. The predicted molar refractivity (Wildman–Crippen MR) is 105 cm³/mol. The molecule has 2 heterocycles. The summed E-state index contributed by atoms with van der Waals surface area (Å²) in [5.41, 5.74) is 2.71. The molecule has 0 radical (unpaired) electrons. The summed E-state index contributed by atoms with van der Waals surface area (Å²) in [4.78, 5) is 32.3. The third-order valence-electron chi connectivity index (χ3n) is 4.60. The van der Waals surface area contributed by atoms with Gasteiger partial charge in [0.15, 0.2) is 10.9 Å². The Hall–Kier alpha value is -2.92. The zero-order valence-corrected chi connectivity index (χ0v) is 14.5. The maximum atomic E-state index is 13.0. The molecular formula is C20H11BrN2O2. The van der Waals surface area contributed by atoms with Crippen molar-refractivity contribution < 1.29 is 0 Å². The highest BCUT2D eigenvalue weighted by Gasteiger charge is 2.12. The summed E-state index contributed by atoms with van der Waals surface area (Å²) in [6, 6.07) is 16.5. The molecule has 0 saturated carbocycles. The molecule has 0 fully saturated rings. The van der Waals surface area contributed by atoms with E-state index in [-0.39, 0.29) is 10.9 Å². The highest BCUT2D eigenvalue weighted by molar-refractivity contribution is 9.10. The third kappa shape index (κ3) is 1.99. The number of hydrogen-bond acceptors (Lipinski definition) is 2. The van der Waals surface area contributed by atoms with Gasteiger partial charge in [-0.2, -0.15) is 0 Å². The summed E-state index contributed by atoms with van der Waals surface area (Å²) in [5.74, 6) is 0. The Morgan fingerprint density at radius 1 is 0.640 bits per heavy atom. The molecule has 0 saturated heterocycles. The van der Waals surface area contributed by atoms with E-state index < -0.39 is 0 Å². The van der Waals surface area contributed by atoms with Crippen LogP contribution in [0.4, 0.5) is 0 Å². The van der Waals surface area contributed by atoms with Gasteiger partial charge in [0, 0.05) is 26.1 Å². The Balaban J connectivity index is 2.05. The average Bonchev–Trinajstić information content (AvgIpc) is 2.61. The Labute approximate surface area is 149 Å². The van der Waals surface area contributed by atoms with Gasteiger partial charge < -0.3 is 9.97 Å². The van der Waals surface area contributed by atoms with Gasteiger partial charge in [-0.25, -0.2) is 0 Å². The highest BCUT2D eigenvalue weighted by Crippen LogP contribution is 2.24. The first-order valence-electron chi connectivity index (χ1n) is 7.82. The Morgan fingerprint density at radius 3 is 2.08 bits per heavy atom. The van der Waals surface area contributed by atoms with Gasteiger partial charge in [-0.05, 0) is 52.3 Å². The van der Waals surface area contributed by atoms with Crippen LogP contribution in [0.3, 0.4) is 0 Å². The van der Waals surface area contributed by atoms with E-state index in [0.29, 0.717) is 32.6 Å². The summed E-state index contributed by atoms with van der Waals surface area (Å²) in [7, 11) is 0. The first-order chi connectivity index (χ1) is 12.1. The molecule has 2 N–H and O–H groups in total. The second kappa shape index (κ2) is 5.04. The number of aromatic nitrogens is 2. The van der Waals surface area contributed by atoms with Gasteiger partial charge in [0.25, 0.3) is 0 Å². The molecule has 0 aliphatic carbocycles. The van der Waals surface area contributed by atoms with Crippen molar-refractivity contribution in [2.45, 2.75) is 0 Å². The lowest BCUT2D eigenvalue weighted by molar-refractivity contribution is 1.45. The van der Waals surface area contributed by atoms with Crippen LogP contribution in [0.25, 0.3) is 43.6 Å². The van der Waals surface area contributed by atoms with Crippen molar-refractivity contribution in [3.05, 3.63) is 79.5 Å². The number of hydrogen-bond donors (Lipinski definition) is 2. The molecule has 0 bridgehead atoms. The van der Waals surface area contributed by atoms with Crippen molar-refractivity contribution in [1.29, 1.82) is 0 Å². The minimum absolute atomic E-state index is 0.0403. The summed E-state index contributed by atoms with van der Waals surface area (Å²) in [6.07, 6.45) is 0. The van der Waals surface area contributed by atoms with E-state index in [1.54, 1.807) is 18.2 Å². The van der Waals surface area contributed by atoms with Crippen LogP contribution < -0.4 is 10.9 Å². The van der Waals surface area contributed by atoms with E-state index in [1.807, 2.05) is 36.4 Å². The molecule has 0 atom stereocenters. The number of pyridine rings is 2. The second-order valence-corrected chi connectivity index (χ2v) is 6.91. The number of fused-ring (bicyclic) bond motifs is 4. The molecule has 0 aliphatic rings. The van der Waals surface area contributed by atoms with Crippen LogP contribution in [0.15, 0.2) is 68.7 Å². The van der Waals surface area contributed by atoms with Gasteiger partial charge in [-0.15, -0.1) is 0 Å². The quantitative estimate of drug-likeness (QED) is 0.384. The number of para-hydroxylation sites is 1. The predicted octanol–water partition coefficient (Wildman–Crippen LogP) is 4.44. The van der Waals surface area contributed by atoms with Crippen LogP contribution in [-0.2, 0) is 0 Å². The van der Waals surface area contributed by atoms with Crippen molar-refractivity contribution in [3.8, 4) is 0 Å². The lowest BCUT2D eigenvalue weighted by Gasteiger charge is -2.07.